The molecule has 22 heavy (non-hydrogen) atoms. The number of amides is 1. The van der Waals surface area contributed by atoms with Gasteiger partial charge in [0.1, 0.15) is 11.4 Å². The predicted molar refractivity (Wildman–Crippen MR) is 88.8 cm³/mol. The van der Waals surface area contributed by atoms with E-state index in [9.17, 15) is 4.79 Å². The lowest BCUT2D eigenvalue weighted by Gasteiger charge is -2.34. The van der Waals surface area contributed by atoms with Crippen LogP contribution in [0, 0.1) is 0 Å². The molecule has 0 fully saturated rings. The first-order chi connectivity index (χ1) is 10.7. The zero-order valence-electron chi connectivity index (χ0n) is 13.9. The summed E-state index contributed by atoms with van der Waals surface area (Å²) < 4.78 is 6.01. The highest BCUT2D eigenvalue weighted by Gasteiger charge is 2.35. The number of carbonyl (C=O) groups is 1. The van der Waals surface area contributed by atoms with E-state index in [1.54, 1.807) is 4.90 Å². The van der Waals surface area contributed by atoms with Crippen LogP contribution in [0.4, 0.5) is 5.69 Å². The zero-order valence-corrected chi connectivity index (χ0v) is 13.9. The molecule has 1 aliphatic rings. The van der Waals surface area contributed by atoms with Gasteiger partial charge in [0.05, 0.1) is 0 Å². The number of likely N-dealkylation sites (N-methyl/N-ethyl adjacent to an activating group) is 2. The highest BCUT2D eigenvalue weighted by molar-refractivity contribution is 6.08. The van der Waals surface area contributed by atoms with Crippen LogP contribution in [0.15, 0.2) is 29.3 Å². The molecule has 0 saturated heterocycles. The number of para-hydroxylation sites is 2. The van der Waals surface area contributed by atoms with Crippen molar-refractivity contribution < 1.29 is 9.53 Å². The molecule has 120 valence electrons. The van der Waals surface area contributed by atoms with Crippen molar-refractivity contribution in [3.05, 3.63) is 24.3 Å². The SMILES string of the molecule is CCN(CC)C(=O)C1Oc2ccccc2N=C1N(CC)CC. The van der Waals surface area contributed by atoms with E-state index in [0.29, 0.717) is 24.7 Å². The van der Waals surface area contributed by atoms with Crippen LogP contribution in [0.3, 0.4) is 0 Å². The van der Waals surface area contributed by atoms with Gasteiger partial charge in [-0.1, -0.05) is 12.1 Å². The van der Waals surface area contributed by atoms with E-state index in [1.165, 1.54) is 0 Å². The highest BCUT2D eigenvalue weighted by atomic mass is 16.5. The summed E-state index contributed by atoms with van der Waals surface area (Å²) in [5.74, 6) is 1.36. The van der Waals surface area contributed by atoms with Crippen LogP contribution in [0.2, 0.25) is 0 Å². The first kappa shape index (κ1) is 16.3. The van der Waals surface area contributed by atoms with Crippen LogP contribution < -0.4 is 4.74 Å². The minimum absolute atomic E-state index is 0.0230. The summed E-state index contributed by atoms with van der Waals surface area (Å²) in [5.41, 5.74) is 0.785. The Labute approximate surface area is 132 Å². The summed E-state index contributed by atoms with van der Waals surface area (Å²) in [7, 11) is 0. The molecule has 1 unspecified atom stereocenters. The molecule has 0 aromatic heterocycles. The monoisotopic (exact) mass is 303 g/mol. The Morgan fingerprint density at radius 3 is 2.32 bits per heavy atom. The van der Waals surface area contributed by atoms with Gasteiger partial charge in [0.25, 0.3) is 5.91 Å². The molecule has 1 aromatic rings. The van der Waals surface area contributed by atoms with E-state index in [2.05, 4.69) is 18.7 Å². The van der Waals surface area contributed by atoms with Gasteiger partial charge in [0.2, 0.25) is 6.10 Å². The van der Waals surface area contributed by atoms with Crippen LogP contribution in [0.25, 0.3) is 0 Å². The second-order valence-electron chi connectivity index (χ2n) is 5.12. The van der Waals surface area contributed by atoms with Crippen LogP contribution in [0.1, 0.15) is 27.7 Å². The van der Waals surface area contributed by atoms with Crippen LogP contribution in [-0.4, -0.2) is 53.8 Å². The van der Waals surface area contributed by atoms with Gasteiger partial charge in [0.15, 0.2) is 5.84 Å². The lowest BCUT2D eigenvalue weighted by molar-refractivity contribution is -0.135. The third-order valence-corrected chi connectivity index (χ3v) is 3.97. The number of ether oxygens (including phenoxy) is 1. The number of nitrogens with zero attached hydrogens (tertiary/aromatic N) is 3. The predicted octanol–water partition coefficient (Wildman–Crippen LogP) is 2.69. The molecule has 0 aliphatic carbocycles. The lowest BCUT2D eigenvalue weighted by Crippen LogP contribution is -2.52. The highest BCUT2D eigenvalue weighted by Crippen LogP contribution is 2.33. The summed E-state index contributed by atoms with van der Waals surface area (Å²) in [5, 5.41) is 0. The van der Waals surface area contributed by atoms with E-state index in [-0.39, 0.29) is 5.91 Å². The number of benzene rings is 1. The van der Waals surface area contributed by atoms with Crippen molar-refractivity contribution in [2.45, 2.75) is 33.8 Å². The number of hydrogen-bond acceptors (Lipinski definition) is 4. The zero-order chi connectivity index (χ0) is 16.1. The van der Waals surface area contributed by atoms with Crippen molar-refractivity contribution in [1.29, 1.82) is 0 Å². The van der Waals surface area contributed by atoms with Crippen LogP contribution in [0.5, 0.6) is 5.75 Å². The molecule has 0 bridgehead atoms. The number of rotatable bonds is 5. The number of fused-ring (bicyclic) bond motifs is 1. The number of hydrogen-bond donors (Lipinski definition) is 0. The van der Waals surface area contributed by atoms with Crippen molar-refractivity contribution in [3.63, 3.8) is 0 Å². The van der Waals surface area contributed by atoms with Crippen molar-refractivity contribution in [3.8, 4) is 5.75 Å². The topological polar surface area (TPSA) is 45.1 Å². The Kier molecular flexibility index (Phi) is 5.41. The van der Waals surface area contributed by atoms with Crippen molar-refractivity contribution in [2.24, 2.45) is 4.99 Å². The Morgan fingerprint density at radius 1 is 1.09 bits per heavy atom. The molecule has 0 saturated carbocycles. The van der Waals surface area contributed by atoms with Gasteiger partial charge >= 0.3 is 0 Å². The lowest BCUT2D eigenvalue weighted by atomic mass is 10.2. The van der Waals surface area contributed by atoms with E-state index in [0.717, 1.165) is 18.8 Å². The Hall–Kier alpha value is -2.04. The fraction of sp³-hybridized carbons (Fsp3) is 0.529. The standard InChI is InChI=1S/C17H25N3O2/c1-5-19(6-2)16-15(17(21)20(7-3)8-4)22-14-12-10-9-11-13(14)18-16/h9-12,15H,5-8H2,1-4H3. The molecule has 5 heteroatoms. The number of amidine groups is 1. The maximum Gasteiger partial charge on any atom is 0.271 e. The smallest absolute Gasteiger partial charge is 0.271 e. The molecule has 1 heterocycles. The second kappa shape index (κ2) is 7.29. The van der Waals surface area contributed by atoms with Gasteiger partial charge in [-0.15, -0.1) is 0 Å². The van der Waals surface area contributed by atoms with Gasteiger partial charge < -0.3 is 14.5 Å². The minimum atomic E-state index is -0.658. The molecular formula is C17H25N3O2. The molecule has 5 nitrogen and oxygen atoms in total. The minimum Gasteiger partial charge on any atom is -0.470 e. The molecular weight excluding hydrogens is 278 g/mol. The molecule has 1 aliphatic heterocycles. The number of aliphatic imine (C=N–C) groups is 1. The molecule has 0 N–H and O–H groups in total. The molecule has 0 spiro atoms. The van der Waals surface area contributed by atoms with Crippen molar-refractivity contribution >= 4 is 17.4 Å². The van der Waals surface area contributed by atoms with Crippen LogP contribution in [-0.2, 0) is 4.79 Å². The van der Waals surface area contributed by atoms with Gasteiger partial charge in [-0.3, -0.25) is 4.79 Å². The first-order valence-corrected chi connectivity index (χ1v) is 8.04. The molecule has 2 rings (SSSR count). The Morgan fingerprint density at radius 2 is 1.73 bits per heavy atom. The number of carbonyl (C=O) groups excluding carboxylic acids is 1. The van der Waals surface area contributed by atoms with E-state index in [4.69, 9.17) is 9.73 Å². The first-order valence-electron chi connectivity index (χ1n) is 8.04. The normalized spacial score (nSPS) is 16.4. The van der Waals surface area contributed by atoms with Gasteiger partial charge in [0, 0.05) is 26.2 Å². The average Bonchev–Trinajstić information content (AvgIpc) is 2.56. The summed E-state index contributed by atoms with van der Waals surface area (Å²) >= 11 is 0. The molecule has 1 amide bonds. The third kappa shape index (κ3) is 3.08. The van der Waals surface area contributed by atoms with Crippen molar-refractivity contribution in [2.75, 3.05) is 26.2 Å². The Balaban J connectivity index is 2.41. The largest absolute Gasteiger partial charge is 0.470 e. The van der Waals surface area contributed by atoms with E-state index < -0.39 is 6.10 Å². The summed E-state index contributed by atoms with van der Waals surface area (Å²) in [6.07, 6.45) is -0.658. The summed E-state index contributed by atoms with van der Waals surface area (Å²) in [4.78, 5) is 21.4. The summed E-state index contributed by atoms with van der Waals surface area (Å²) in [6, 6.07) is 7.60. The Bertz CT molecular complexity index is 549. The van der Waals surface area contributed by atoms with Crippen molar-refractivity contribution in [1.82, 2.24) is 9.80 Å². The molecule has 1 atom stereocenters. The van der Waals surface area contributed by atoms with E-state index in [1.807, 2.05) is 38.1 Å². The fourth-order valence-electron chi connectivity index (χ4n) is 2.66. The summed E-state index contributed by atoms with van der Waals surface area (Å²) in [6.45, 7) is 11.0. The van der Waals surface area contributed by atoms with Crippen LogP contribution >= 0.6 is 0 Å². The quantitative estimate of drug-likeness (QED) is 0.840. The van der Waals surface area contributed by atoms with E-state index >= 15 is 0 Å². The fourth-order valence-corrected chi connectivity index (χ4v) is 2.66. The van der Waals surface area contributed by atoms with Gasteiger partial charge in [-0.05, 0) is 39.8 Å². The maximum absolute atomic E-state index is 12.8. The second-order valence-corrected chi connectivity index (χ2v) is 5.12. The maximum atomic E-state index is 12.8. The molecule has 0 radical (unpaired) electrons. The molecule has 1 aromatic carbocycles. The average molecular weight is 303 g/mol. The van der Waals surface area contributed by atoms with Gasteiger partial charge in [-0.25, -0.2) is 4.99 Å². The van der Waals surface area contributed by atoms with Gasteiger partial charge in [-0.2, -0.15) is 0 Å². The third-order valence-electron chi connectivity index (χ3n) is 3.97.